The Kier molecular flexibility index (Phi) is 0.906. The quantitative estimate of drug-likeness (QED) is 0.401. The van der Waals surface area contributed by atoms with Crippen LogP contribution in [0.1, 0.15) is 0 Å². The van der Waals surface area contributed by atoms with Crippen molar-refractivity contribution in [2.75, 3.05) is 6.61 Å². The monoisotopic (exact) mass is 83.0 g/mol. The summed E-state index contributed by atoms with van der Waals surface area (Å²) < 4.78 is 4.74. The van der Waals surface area contributed by atoms with Crippen molar-refractivity contribution in [2.45, 2.75) is 0 Å². The van der Waals surface area contributed by atoms with E-state index in [0.29, 0.717) is 6.61 Å². The lowest BCUT2D eigenvalue weighted by Crippen LogP contribution is -1.97. The molecule has 1 aliphatic heterocycles. The van der Waals surface area contributed by atoms with Gasteiger partial charge in [-0.25, -0.2) is 0 Å². The third-order valence-electron chi connectivity index (χ3n) is 0.519. The summed E-state index contributed by atoms with van der Waals surface area (Å²) in [5.41, 5.74) is 0. The van der Waals surface area contributed by atoms with Gasteiger partial charge >= 0.3 is 0 Å². The molecule has 0 aromatic carbocycles. The van der Waals surface area contributed by atoms with Gasteiger partial charge in [-0.3, -0.25) is 0 Å². The van der Waals surface area contributed by atoms with E-state index >= 15 is 0 Å². The molecule has 1 radical (unpaired) electrons. The molecule has 0 bridgehead atoms. The van der Waals surface area contributed by atoms with E-state index in [0.717, 1.165) is 0 Å². The van der Waals surface area contributed by atoms with Gasteiger partial charge < -0.3 is 4.74 Å². The molecule has 0 unspecified atom stereocenters. The van der Waals surface area contributed by atoms with Crippen LogP contribution in [-0.2, 0) is 4.74 Å². The molecule has 0 N–H and O–H groups in total. The minimum absolute atomic E-state index is 0.622. The Morgan fingerprint density at radius 2 is 2.67 bits per heavy atom. The molecule has 31 valence electrons. The summed E-state index contributed by atoms with van der Waals surface area (Å²) in [6, 6.07) is 0. The molecule has 0 aromatic rings. The molecule has 0 atom stereocenters. The fourth-order valence-corrected chi connectivity index (χ4v) is 0.281. The molecule has 1 rings (SSSR count). The molecule has 0 saturated heterocycles. The minimum atomic E-state index is 0.622. The molecule has 1 aliphatic rings. The van der Waals surface area contributed by atoms with E-state index in [1.165, 1.54) is 0 Å². The smallest absolute Gasteiger partial charge is 0.276 e. The summed E-state index contributed by atoms with van der Waals surface area (Å²) in [5, 5.41) is 0. The van der Waals surface area contributed by atoms with E-state index < -0.39 is 0 Å². The molecule has 0 saturated carbocycles. The largest absolute Gasteiger partial charge is 0.484 e. The van der Waals surface area contributed by atoms with Crippen LogP contribution in [-0.4, -0.2) is 12.8 Å². The second-order valence-electron chi connectivity index (χ2n) is 0.950. The van der Waals surface area contributed by atoms with E-state index in [1.54, 1.807) is 18.7 Å². The van der Waals surface area contributed by atoms with Crippen LogP contribution in [0, 0.1) is 0 Å². The summed E-state index contributed by atoms with van der Waals surface area (Å²) in [4.78, 5) is 3.75. The topological polar surface area (TPSA) is 23.3 Å². The average Bonchev–Trinajstić information content (AvgIpc) is 1.72. The van der Waals surface area contributed by atoms with Gasteiger partial charge in [0.05, 0.1) is 4.99 Å². The van der Waals surface area contributed by atoms with Gasteiger partial charge in [0.25, 0.3) is 12.4 Å². The number of hydrogen-bond donors (Lipinski definition) is 0. The number of ether oxygens (including phenoxy) is 1. The van der Waals surface area contributed by atoms with Crippen molar-refractivity contribution in [3.8, 4) is 0 Å². The Balaban J connectivity index is 2.46. The second-order valence-corrected chi connectivity index (χ2v) is 0.950. The zero-order valence-electron chi connectivity index (χ0n) is 3.29. The molecule has 0 fully saturated rings. The Bertz CT molecular complexity index is 73.5. The molecule has 0 spiro atoms. The van der Waals surface area contributed by atoms with Gasteiger partial charge in [0.2, 0.25) is 0 Å². The Morgan fingerprint density at radius 1 is 1.67 bits per heavy atom. The van der Waals surface area contributed by atoms with Gasteiger partial charge in [-0.2, -0.15) is 0 Å². The predicted octanol–water partition coefficient (Wildman–Crippen LogP) is -0.106. The Labute approximate surface area is 36.1 Å². The normalized spacial score (nSPS) is 17.3. The fourth-order valence-electron chi connectivity index (χ4n) is 0.281. The third kappa shape index (κ3) is 0.578. The molecular weight excluding hydrogens is 78.0 g/mol. The summed E-state index contributed by atoms with van der Waals surface area (Å²) in [6.45, 7) is 0.622. The molecule has 2 nitrogen and oxygen atoms in total. The number of nitrogens with zero attached hydrogens (tertiary/aromatic N) is 1. The lowest BCUT2D eigenvalue weighted by molar-refractivity contribution is 0.299. The summed E-state index contributed by atoms with van der Waals surface area (Å²) in [5.74, 6) is 0. The first kappa shape index (κ1) is 3.40. The molecule has 0 aliphatic carbocycles. The minimum Gasteiger partial charge on any atom is -0.484 e. The Hall–Kier alpha value is -0.790. The maximum atomic E-state index is 4.74. The van der Waals surface area contributed by atoms with Gasteiger partial charge in [0.1, 0.15) is 0 Å². The zero-order valence-corrected chi connectivity index (χ0v) is 3.29. The van der Waals surface area contributed by atoms with Crippen molar-refractivity contribution in [1.82, 2.24) is 4.99 Å². The van der Waals surface area contributed by atoms with Crippen LogP contribution >= 0.6 is 0 Å². The highest BCUT2D eigenvalue weighted by atomic mass is 16.5. The first-order valence-electron chi connectivity index (χ1n) is 1.78. The molecular formula is C4H5NO+. The second kappa shape index (κ2) is 1.60. The zero-order chi connectivity index (χ0) is 4.24. The predicted molar refractivity (Wildman–Crippen MR) is 23.3 cm³/mol. The average molecular weight is 83.1 g/mol. The van der Waals surface area contributed by atoms with Crippen molar-refractivity contribution >= 4 is 6.21 Å². The lowest BCUT2D eigenvalue weighted by atomic mass is 10.7. The van der Waals surface area contributed by atoms with Gasteiger partial charge in [-0.1, -0.05) is 0 Å². The first-order chi connectivity index (χ1) is 3.00. The highest BCUT2D eigenvalue weighted by molar-refractivity contribution is 5.58. The van der Waals surface area contributed by atoms with Crippen molar-refractivity contribution in [3.05, 3.63) is 12.5 Å². The number of aliphatic imine (C=N–C) groups is 1. The van der Waals surface area contributed by atoms with Crippen molar-refractivity contribution in [3.63, 3.8) is 0 Å². The first-order valence-corrected chi connectivity index (χ1v) is 1.78. The van der Waals surface area contributed by atoms with Crippen LogP contribution in [0.5, 0.6) is 0 Å². The highest BCUT2D eigenvalue weighted by Gasteiger charge is 1.90. The van der Waals surface area contributed by atoms with E-state index in [1.807, 2.05) is 0 Å². The summed E-state index contributed by atoms with van der Waals surface area (Å²) >= 11 is 0. The summed E-state index contributed by atoms with van der Waals surface area (Å²) in [6.07, 6.45) is 4.89. The molecule has 0 amide bonds. The molecule has 0 aromatic heterocycles. The van der Waals surface area contributed by atoms with Crippen molar-refractivity contribution < 1.29 is 4.74 Å². The van der Waals surface area contributed by atoms with Crippen LogP contribution in [0.25, 0.3) is 0 Å². The standard InChI is InChI=1S/C4H5NO/c1-3-6-4-2-5-1/h1-3H,4H2/q+1. The van der Waals surface area contributed by atoms with E-state index in [4.69, 9.17) is 4.74 Å². The van der Waals surface area contributed by atoms with Crippen molar-refractivity contribution in [2.24, 2.45) is 0 Å². The van der Waals surface area contributed by atoms with Crippen LogP contribution in [0.3, 0.4) is 0 Å². The molecule has 6 heavy (non-hydrogen) atoms. The molecule has 2 heteroatoms. The SMILES string of the molecule is C1=COCC=[N+]1. The lowest BCUT2D eigenvalue weighted by Gasteiger charge is -1.85. The van der Waals surface area contributed by atoms with E-state index in [9.17, 15) is 0 Å². The fraction of sp³-hybridized carbons (Fsp3) is 0.250. The highest BCUT2D eigenvalue weighted by Crippen LogP contribution is 1.74. The van der Waals surface area contributed by atoms with Crippen LogP contribution in [0.4, 0.5) is 0 Å². The van der Waals surface area contributed by atoms with Crippen molar-refractivity contribution in [1.29, 1.82) is 0 Å². The van der Waals surface area contributed by atoms with Gasteiger partial charge in [-0.15, -0.1) is 0 Å². The third-order valence-corrected chi connectivity index (χ3v) is 0.519. The van der Waals surface area contributed by atoms with Crippen LogP contribution in [0.2, 0.25) is 0 Å². The van der Waals surface area contributed by atoms with Gasteiger partial charge in [0, 0.05) is 0 Å². The number of hydrogen-bond acceptors (Lipinski definition) is 2. The maximum Gasteiger partial charge on any atom is 0.276 e. The summed E-state index contributed by atoms with van der Waals surface area (Å²) in [7, 11) is 0. The number of rotatable bonds is 0. The van der Waals surface area contributed by atoms with E-state index in [-0.39, 0.29) is 0 Å². The van der Waals surface area contributed by atoms with Crippen LogP contribution in [0.15, 0.2) is 12.5 Å². The maximum absolute atomic E-state index is 4.74. The van der Waals surface area contributed by atoms with Gasteiger partial charge in [0.15, 0.2) is 12.9 Å². The van der Waals surface area contributed by atoms with E-state index in [2.05, 4.69) is 4.99 Å². The Morgan fingerprint density at radius 3 is 2.83 bits per heavy atom. The van der Waals surface area contributed by atoms with Gasteiger partial charge in [-0.05, 0) is 0 Å². The molecule has 1 heterocycles. The van der Waals surface area contributed by atoms with Crippen LogP contribution < -0.4 is 4.99 Å².